The Kier molecular flexibility index (Phi) is 7.61. The molecule has 1 unspecified atom stereocenters. The highest BCUT2D eigenvalue weighted by molar-refractivity contribution is 5.97. The summed E-state index contributed by atoms with van der Waals surface area (Å²) in [6.07, 6.45) is 2.49. The van der Waals surface area contributed by atoms with Gasteiger partial charge in [0.25, 0.3) is 5.91 Å². The van der Waals surface area contributed by atoms with Crippen LogP contribution in [0.4, 0.5) is 0 Å². The second-order valence-electron chi connectivity index (χ2n) is 7.38. The van der Waals surface area contributed by atoms with Gasteiger partial charge in [-0.05, 0) is 35.6 Å². The number of hydrogen-bond donors (Lipinski definition) is 2. The molecular formula is C27H27N3O. The number of nitrogens with zero attached hydrogens (tertiary/aromatic N) is 1. The van der Waals surface area contributed by atoms with Crippen molar-refractivity contribution >= 4 is 5.91 Å². The molecule has 31 heavy (non-hydrogen) atoms. The number of rotatable bonds is 8. The van der Waals surface area contributed by atoms with Gasteiger partial charge in [0.1, 0.15) is 11.6 Å². The lowest BCUT2D eigenvalue weighted by atomic mass is 9.98. The fourth-order valence-electron chi connectivity index (χ4n) is 3.35. The fraction of sp³-hybridized carbons (Fsp3) is 0.185. The monoisotopic (exact) mass is 409 g/mol. The smallest absolute Gasteiger partial charge is 0.264 e. The average Bonchev–Trinajstić information content (AvgIpc) is 2.84. The van der Waals surface area contributed by atoms with Crippen molar-refractivity contribution in [2.75, 3.05) is 0 Å². The third-order valence-corrected chi connectivity index (χ3v) is 5.27. The number of hydrogen-bond acceptors (Lipinski definition) is 3. The van der Waals surface area contributed by atoms with Crippen molar-refractivity contribution in [1.82, 2.24) is 10.6 Å². The van der Waals surface area contributed by atoms with Crippen LogP contribution in [0.1, 0.15) is 48.2 Å². The van der Waals surface area contributed by atoms with E-state index >= 15 is 0 Å². The summed E-state index contributed by atoms with van der Waals surface area (Å²) in [6.45, 7) is 4.12. The van der Waals surface area contributed by atoms with E-state index in [1.807, 2.05) is 73.7 Å². The van der Waals surface area contributed by atoms with Crippen molar-refractivity contribution in [2.24, 2.45) is 0 Å². The van der Waals surface area contributed by atoms with Gasteiger partial charge in [0.15, 0.2) is 0 Å². The normalized spacial score (nSPS) is 12.1. The Balaban J connectivity index is 1.75. The molecule has 4 heteroatoms. The summed E-state index contributed by atoms with van der Waals surface area (Å²) in [4.78, 5) is 12.9. The lowest BCUT2D eigenvalue weighted by Crippen LogP contribution is -2.31. The molecule has 0 aromatic heterocycles. The van der Waals surface area contributed by atoms with Gasteiger partial charge in [0, 0.05) is 12.2 Å². The molecule has 4 nitrogen and oxygen atoms in total. The molecule has 2 N–H and O–H groups in total. The van der Waals surface area contributed by atoms with Crippen molar-refractivity contribution in [3.8, 4) is 6.07 Å². The number of nitriles is 1. The summed E-state index contributed by atoms with van der Waals surface area (Å²) in [7, 11) is 0. The van der Waals surface area contributed by atoms with Crippen molar-refractivity contribution in [3.63, 3.8) is 0 Å². The number of carbonyl (C=O) groups excluding carboxylic acids is 1. The van der Waals surface area contributed by atoms with Crippen molar-refractivity contribution in [2.45, 2.75) is 32.4 Å². The first-order valence-corrected chi connectivity index (χ1v) is 10.5. The predicted octanol–water partition coefficient (Wildman–Crippen LogP) is 5.21. The van der Waals surface area contributed by atoms with Gasteiger partial charge in [-0.2, -0.15) is 5.26 Å². The molecule has 156 valence electrons. The molecule has 3 aromatic carbocycles. The topological polar surface area (TPSA) is 64.9 Å². The lowest BCUT2D eigenvalue weighted by Gasteiger charge is -2.20. The summed E-state index contributed by atoms with van der Waals surface area (Å²) in [5, 5.41) is 15.8. The Morgan fingerprint density at radius 3 is 1.94 bits per heavy atom. The second kappa shape index (κ2) is 10.8. The minimum Gasteiger partial charge on any atom is -0.383 e. The molecule has 0 saturated carbocycles. The van der Waals surface area contributed by atoms with Gasteiger partial charge < -0.3 is 10.6 Å². The summed E-state index contributed by atoms with van der Waals surface area (Å²) < 4.78 is 0. The Hall–Kier alpha value is -3.84. The van der Waals surface area contributed by atoms with Gasteiger partial charge in [0.2, 0.25) is 0 Å². The number of amides is 1. The molecule has 0 aliphatic heterocycles. The SMILES string of the molecule is CCc1ccc(C(C)N/C=C(/C#N)C(=O)NC(c2ccccc2)c2ccccc2)cc1. The van der Waals surface area contributed by atoms with E-state index in [1.165, 1.54) is 11.8 Å². The minimum absolute atomic E-state index is 0.0268. The van der Waals surface area contributed by atoms with Crippen LogP contribution in [0.15, 0.2) is 96.7 Å². The Morgan fingerprint density at radius 2 is 1.45 bits per heavy atom. The minimum atomic E-state index is -0.416. The highest BCUT2D eigenvalue weighted by Gasteiger charge is 2.19. The van der Waals surface area contributed by atoms with Crippen LogP contribution in [0.5, 0.6) is 0 Å². The van der Waals surface area contributed by atoms with Gasteiger partial charge in [-0.15, -0.1) is 0 Å². The lowest BCUT2D eigenvalue weighted by molar-refractivity contribution is -0.117. The molecule has 1 amide bonds. The van der Waals surface area contributed by atoms with E-state index in [0.29, 0.717) is 0 Å². The standard InChI is InChI=1S/C27H27N3O/c1-3-21-14-16-22(17-15-21)20(2)29-19-25(18-28)27(31)30-26(23-10-6-4-7-11-23)24-12-8-5-9-13-24/h4-17,19-20,26,29H,3H2,1-2H3,(H,30,31)/b25-19-. The number of benzene rings is 3. The molecule has 0 aliphatic carbocycles. The molecule has 0 saturated heterocycles. The van der Waals surface area contributed by atoms with Gasteiger partial charge in [-0.25, -0.2) is 0 Å². The highest BCUT2D eigenvalue weighted by Crippen LogP contribution is 2.22. The van der Waals surface area contributed by atoms with E-state index in [-0.39, 0.29) is 17.7 Å². The number of nitrogens with one attached hydrogen (secondary N) is 2. The molecule has 0 heterocycles. The molecule has 0 spiro atoms. The quantitative estimate of drug-likeness (QED) is 0.396. The summed E-state index contributed by atoms with van der Waals surface area (Å²) in [5.74, 6) is -0.416. The van der Waals surface area contributed by atoms with E-state index in [0.717, 1.165) is 23.1 Å². The maximum Gasteiger partial charge on any atom is 0.264 e. The van der Waals surface area contributed by atoms with E-state index < -0.39 is 5.91 Å². The Labute approximate surface area is 184 Å². The van der Waals surface area contributed by atoms with E-state index in [4.69, 9.17) is 0 Å². The van der Waals surface area contributed by atoms with Crippen molar-refractivity contribution < 1.29 is 4.79 Å². The molecular weight excluding hydrogens is 382 g/mol. The fourth-order valence-corrected chi connectivity index (χ4v) is 3.35. The van der Waals surface area contributed by atoms with Gasteiger partial charge in [0.05, 0.1) is 6.04 Å². The molecule has 1 atom stereocenters. The summed E-state index contributed by atoms with van der Waals surface area (Å²) in [6, 6.07) is 29.5. The van der Waals surface area contributed by atoms with Gasteiger partial charge in [-0.3, -0.25) is 4.79 Å². The third kappa shape index (κ3) is 5.83. The Bertz CT molecular complexity index is 1010. The van der Waals surface area contributed by atoms with Crippen molar-refractivity contribution in [3.05, 3.63) is 119 Å². The highest BCUT2D eigenvalue weighted by atomic mass is 16.1. The van der Waals surface area contributed by atoms with Crippen LogP contribution in [0.25, 0.3) is 0 Å². The van der Waals surface area contributed by atoms with Crippen LogP contribution < -0.4 is 10.6 Å². The molecule has 0 bridgehead atoms. The summed E-state index contributed by atoms with van der Waals surface area (Å²) in [5.41, 5.74) is 4.32. The van der Waals surface area contributed by atoms with Crippen LogP contribution in [0.2, 0.25) is 0 Å². The van der Waals surface area contributed by atoms with Crippen LogP contribution >= 0.6 is 0 Å². The zero-order valence-corrected chi connectivity index (χ0v) is 17.9. The van der Waals surface area contributed by atoms with Gasteiger partial charge >= 0.3 is 0 Å². The predicted molar refractivity (Wildman–Crippen MR) is 124 cm³/mol. The molecule has 0 fully saturated rings. The van der Waals surface area contributed by atoms with E-state index in [1.54, 1.807) is 0 Å². The van der Waals surface area contributed by atoms with E-state index in [2.05, 4.69) is 41.8 Å². The molecule has 0 aliphatic rings. The van der Waals surface area contributed by atoms with E-state index in [9.17, 15) is 10.1 Å². The van der Waals surface area contributed by atoms with Crippen LogP contribution in [-0.2, 0) is 11.2 Å². The molecule has 0 radical (unpaired) electrons. The Morgan fingerprint density at radius 1 is 0.903 bits per heavy atom. The summed E-state index contributed by atoms with van der Waals surface area (Å²) >= 11 is 0. The number of aryl methyl sites for hydroxylation is 1. The van der Waals surface area contributed by atoms with Gasteiger partial charge in [-0.1, -0.05) is 91.9 Å². The van der Waals surface area contributed by atoms with Crippen LogP contribution in [0, 0.1) is 11.3 Å². The van der Waals surface area contributed by atoms with Crippen LogP contribution in [0.3, 0.4) is 0 Å². The molecule has 3 aromatic rings. The maximum atomic E-state index is 12.9. The first-order valence-electron chi connectivity index (χ1n) is 10.5. The molecule has 3 rings (SSSR count). The zero-order chi connectivity index (χ0) is 22.1. The largest absolute Gasteiger partial charge is 0.383 e. The second-order valence-corrected chi connectivity index (χ2v) is 7.38. The maximum absolute atomic E-state index is 12.9. The number of carbonyl (C=O) groups is 1. The first-order chi connectivity index (χ1) is 15.1. The third-order valence-electron chi connectivity index (χ3n) is 5.27. The average molecular weight is 410 g/mol. The first kappa shape index (κ1) is 21.9. The van der Waals surface area contributed by atoms with Crippen molar-refractivity contribution in [1.29, 1.82) is 5.26 Å². The zero-order valence-electron chi connectivity index (χ0n) is 17.9. The van der Waals surface area contributed by atoms with Crippen LogP contribution in [-0.4, -0.2) is 5.91 Å².